The van der Waals surface area contributed by atoms with Crippen LogP contribution < -0.4 is 0 Å². The lowest BCUT2D eigenvalue weighted by molar-refractivity contribution is -0.144. The van der Waals surface area contributed by atoms with Crippen LogP contribution in [0.1, 0.15) is 50.4 Å². The van der Waals surface area contributed by atoms with Crippen LogP contribution in [0.25, 0.3) is 0 Å². The summed E-state index contributed by atoms with van der Waals surface area (Å²) in [7, 11) is 1.99. The van der Waals surface area contributed by atoms with Crippen LogP contribution in [0.2, 0.25) is 0 Å². The number of aryl methyl sites for hydroxylation is 2. The molecule has 124 valence electrons. The van der Waals surface area contributed by atoms with Gasteiger partial charge in [0.15, 0.2) is 0 Å². The molecule has 2 heterocycles. The lowest BCUT2D eigenvalue weighted by atomic mass is 9.81. The number of carboxylic acids is 1. The van der Waals surface area contributed by atoms with Crippen molar-refractivity contribution in [1.29, 1.82) is 0 Å². The standard InChI is InChI=1S/C17H29N3O2/c1-4-5-6-16(17(21)22)14-7-9-20(10-8-14)12-15-11-13(2)18-19(15)3/h11,14,16H,4-10,12H2,1-3H3,(H,21,22). The topological polar surface area (TPSA) is 58.4 Å². The van der Waals surface area contributed by atoms with Crippen LogP contribution in [0.3, 0.4) is 0 Å². The number of hydrogen-bond donors (Lipinski definition) is 1. The zero-order valence-corrected chi connectivity index (χ0v) is 14.1. The Kier molecular flexibility index (Phi) is 6.00. The molecule has 1 aromatic rings. The van der Waals surface area contributed by atoms with Crippen molar-refractivity contribution in [2.75, 3.05) is 13.1 Å². The lowest BCUT2D eigenvalue weighted by Gasteiger charge is -2.34. The first kappa shape index (κ1) is 17.0. The maximum absolute atomic E-state index is 11.5. The molecule has 1 fully saturated rings. The molecule has 0 radical (unpaired) electrons. The molecule has 0 spiro atoms. The Morgan fingerprint density at radius 1 is 1.45 bits per heavy atom. The quantitative estimate of drug-likeness (QED) is 0.841. The van der Waals surface area contributed by atoms with Crippen LogP contribution in [0.5, 0.6) is 0 Å². The van der Waals surface area contributed by atoms with E-state index in [0.717, 1.165) is 57.4 Å². The molecular weight excluding hydrogens is 278 g/mol. The van der Waals surface area contributed by atoms with Gasteiger partial charge in [0, 0.05) is 13.6 Å². The molecule has 1 N–H and O–H groups in total. The van der Waals surface area contributed by atoms with Gasteiger partial charge in [-0.05, 0) is 51.3 Å². The molecule has 1 aromatic heterocycles. The van der Waals surface area contributed by atoms with E-state index in [1.165, 1.54) is 5.69 Å². The third kappa shape index (κ3) is 4.32. The minimum absolute atomic E-state index is 0.152. The molecule has 0 aliphatic carbocycles. The highest BCUT2D eigenvalue weighted by molar-refractivity contribution is 5.70. The normalized spacial score (nSPS) is 18.5. The fourth-order valence-corrected chi connectivity index (χ4v) is 3.54. The van der Waals surface area contributed by atoms with Gasteiger partial charge in [0.05, 0.1) is 17.3 Å². The van der Waals surface area contributed by atoms with Gasteiger partial charge < -0.3 is 5.11 Å². The van der Waals surface area contributed by atoms with Gasteiger partial charge >= 0.3 is 5.97 Å². The molecule has 1 unspecified atom stereocenters. The lowest BCUT2D eigenvalue weighted by Crippen LogP contribution is -2.38. The van der Waals surface area contributed by atoms with E-state index in [0.29, 0.717) is 5.92 Å². The highest BCUT2D eigenvalue weighted by Gasteiger charge is 2.30. The van der Waals surface area contributed by atoms with E-state index in [1.807, 2.05) is 18.7 Å². The summed E-state index contributed by atoms with van der Waals surface area (Å²) in [5, 5.41) is 13.9. The monoisotopic (exact) mass is 307 g/mol. The van der Waals surface area contributed by atoms with Gasteiger partial charge in [0.1, 0.15) is 0 Å². The van der Waals surface area contributed by atoms with Gasteiger partial charge in [-0.3, -0.25) is 14.4 Å². The van der Waals surface area contributed by atoms with Crippen molar-refractivity contribution in [2.24, 2.45) is 18.9 Å². The molecule has 22 heavy (non-hydrogen) atoms. The second-order valence-corrected chi connectivity index (χ2v) is 6.60. The molecule has 1 saturated heterocycles. The van der Waals surface area contributed by atoms with Crippen molar-refractivity contribution in [3.05, 3.63) is 17.5 Å². The first-order chi connectivity index (χ1) is 10.5. The summed E-state index contributed by atoms with van der Waals surface area (Å²) in [6.45, 7) is 7.03. The molecule has 1 atom stereocenters. The summed E-state index contributed by atoms with van der Waals surface area (Å²) in [4.78, 5) is 13.9. The average Bonchev–Trinajstić information content (AvgIpc) is 2.78. The van der Waals surface area contributed by atoms with Gasteiger partial charge in [-0.2, -0.15) is 5.10 Å². The van der Waals surface area contributed by atoms with E-state index in [2.05, 4.69) is 23.0 Å². The van der Waals surface area contributed by atoms with Crippen LogP contribution in [-0.4, -0.2) is 38.8 Å². The Morgan fingerprint density at radius 3 is 2.64 bits per heavy atom. The summed E-state index contributed by atoms with van der Waals surface area (Å²) < 4.78 is 1.95. The fraction of sp³-hybridized carbons (Fsp3) is 0.765. The number of carbonyl (C=O) groups is 1. The number of aliphatic carboxylic acids is 1. The van der Waals surface area contributed by atoms with Crippen molar-refractivity contribution in [2.45, 2.75) is 52.5 Å². The maximum atomic E-state index is 11.5. The molecule has 5 heteroatoms. The highest BCUT2D eigenvalue weighted by atomic mass is 16.4. The van der Waals surface area contributed by atoms with Crippen molar-refractivity contribution < 1.29 is 9.90 Å². The van der Waals surface area contributed by atoms with Crippen molar-refractivity contribution >= 4 is 5.97 Å². The zero-order chi connectivity index (χ0) is 16.1. The summed E-state index contributed by atoms with van der Waals surface area (Å²) in [6, 6.07) is 2.13. The zero-order valence-electron chi connectivity index (χ0n) is 14.1. The third-order valence-electron chi connectivity index (χ3n) is 4.87. The molecule has 0 saturated carbocycles. The number of likely N-dealkylation sites (tertiary alicyclic amines) is 1. The second-order valence-electron chi connectivity index (χ2n) is 6.60. The maximum Gasteiger partial charge on any atom is 0.306 e. The fourth-order valence-electron chi connectivity index (χ4n) is 3.54. The minimum Gasteiger partial charge on any atom is -0.481 e. The van der Waals surface area contributed by atoms with Gasteiger partial charge in [-0.1, -0.05) is 19.8 Å². The van der Waals surface area contributed by atoms with E-state index in [-0.39, 0.29) is 5.92 Å². The Morgan fingerprint density at radius 2 is 2.14 bits per heavy atom. The smallest absolute Gasteiger partial charge is 0.306 e. The van der Waals surface area contributed by atoms with Gasteiger partial charge in [-0.15, -0.1) is 0 Å². The minimum atomic E-state index is -0.603. The summed E-state index contributed by atoms with van der Waals surface area (Å²) >= 11 is 0. The van der Waals surface area contributed by atoms with Crippen LogP contribution in [-0.2, 0) is 18.4 Å². The van der Waals surface area contributed by atoms with Crippen LogP contribution in [0.15, 0.2) is 6.07 Å². The number of carboxylic acid groups (broad SMARTS) is 1. The molecule has 0 amide bonds. The SMILES string of the molecule is CCCCC(C(=O)O)C1CCN(Cc2cc(C)nn2C)CC1. The molecule has 0 bridgehead atoms. The second kappa shape index (κ2) is 7.77. The number of hydrogen-bond acceptors (Lipinski definition) is 3. The Hall–Kier alpha value is -1.36. The average molecular weight is 307 g/mol. The first-order valence-corrected chi connectivity index (χ1v) is 8.46. The van der Waals surface area contributed by atoms with Crippen LogP contribution >= 0.6 is 0 Å². The van der Waals surface area contributed by atoms with Crippen molar-refractivity contribution in [3.63, 3.8) is 0 Å². The number of rotatable bonds is 7. The Bertz CT molecular complexity index is 490. The number of aromatic nitrogens is 2. The Labute approximate surface area is 133 Å². The van der Waals surface area contributed by atoms with E-state index in [9.17, 15) is 9.90 Å². The van der Waals surface area contributed by atoms with E-state index >= 15 is 0 Å². The van der Waals surface area contributed by atoms with Gasteiger partial charge in [-0.25, -0.2) is 0 Å². The van der Waals surface area contributed by atoms with Crippen molar-refractivity contribution in [3.8, 4) is 0 Å². The molecular formula is C17H29N3O2. The van der Waals surface area contributed by atoms with Crippen LogP contribution in [0.4, 0.5) is 0 Å². The largest absolute Gasteiger partial charge is 0.481 e. The third-order valence-corrected chi connectivity index (χ3v) is 4.87. The summed E-state index contributed by atoms with van der Waals surface area (Å²) in [6.07, 6.45) is 4.92. The van der Waals surface area contributed by atoms with Crippen LogP contribution in [0, 0.1) is 18.8 Å². The number of piperidine rings is 1. The molecule has 1 aliphatic rings. The molecule has 1 aliphatic heterocycles. The highest BCUT2D eigenvalue weighted by Crippen LogP contribution is 2.29. The number of unbranched alkanes of at least 4 members (excludes halogenated alkanes) is 1. The number of nitrogens with zero attached hydrogens (tertiary/aromatic N) is 3. The molecule has 0 aromatic carbocycles. The van der Waals surface area contributed by atoms with E-state index in [4.69, 9.17) is 0 Å². The van der Waals surface area contributed by atoms with E-state index in [1.54, 1.807) is 0 Å². The summed E-state index contributed by atoms with van der Waals surface area (Å²) in [5.41, 5.74) is 2.29. The van der Waals surface area contributed by atoms with E-state index < -0.39 is 5.97 Å². The predicted molar refractivity (Wildman–Crippen MR) is 86.6 cm³/mol. The summed E-state index contributed by atoms with van der Waals surface area (Å²) in [5.74, 6) is -0.413. The Balaban J connectivity index is 1.86. The molecule has 2 rings (SSSR count). The van der Waals surface area contributed by atoms with Gasteiger partial charge in [0.25, 0.3) is 0 Å². The van der Waals surface area contributed by atoms with Gasteiger partial charge in [0.2, 0.25) is 0 Å². The molecule has 5 nitrogen and oxygen atoms in total. The first-order valence-electron chi connectivity index (χ1n) is 8.46. The predicted octanol–water partition coefficient (Wildman–Crippen LogP) is 2.83. The van der Waals surface area contributed by atoms with Crippen molar-refractivity contribution in [1.82, 2.24) is 14.7 Å².